The minimum Gasteiger partial charge on any atom is -0.303 e. The Morgan fingerprint density at radius 2 is 1.88 bits per heavy atom. The topological polar surface area (TPSA) is 3.24 Å². The van der Waals surface area contributed by atoms with E-state index in [-0.39, 0.29) is 0 Å². The highest BCUT2D eigenvalue weighted by Crippen LogP contribution is 2.27. The summed E-state index contributed by atoms with van der Waals surface area (Å²) in [5.41, 5.74) is 0. The normalized spacial score (nSPS) is 17.9. The molecule has 0 radical (unpaired) electrons. The van der Waals surface area contributed by atoms with E-state index in [1.165, 1.54) is 50.6 Å². The Morgan fingerprint density at radius 1 is 1.19 bits per heavy atom. The number of hydrogen-bond donors (Lipinski definition) is 0. The fourth-order valence-corrected chi connectivity index (χ4v) is 6.28. The van der Waals surface area contributed by atoms with Gasteiger partial charge in [0.2, 0.25) is 0 Å². The van der Waals surface area contributed by atoms with Gasteiger partial charge in [0.1, 0.15) is 0 Å². The molecule has 1 nitrogen and oxygen atoms in total. The molecule has 0 aliphatic carbocycles. The molecular weight excluding hydrogens is 210 g/mol. The number of nitrogens with zero attached hydrogens (tertiary/aromatic N) is 1. The number of allylic oxidation sites excluding steroid dienone is 2. The van der Waals surface area contributed by atoms with Gasteiger partial charge in [-0.05, 0) is 45.4 Å². The predicted octanol–water partition coefficient (Wildman–Crippen LogP) is 4.15. The van der Waals surface area contributed by atoms with Crippen LogP contribution >= 0.6 is 0 Å². The lowest BCUT2D eigenvalue weighted by Crippen LogP contribution is -2.39. The number of hydrogen-bond acceptors (Lipinski definition) is 1. The summed E-state index contributed by atoms with van der Waals surface area (Å²) in [6, 6.07) is 5.89. The van der Waals surface area contributed by atoms with Crippen molar-refractivity contribution in [3.8, 4) is 0 Å². The molecule has 1 saturated heterocycles. The summed E-state index contributed by atoms with van der Waals surface area (Å²) in [6.07, 6.45) is 7.54. The van der Waals surface area contributed by atoms with E-state index in [1.54, 1.807) is 6.04 Å². The largest absolute Gasteiger partial charge is 0.303 e. The van der Waals surface area contributed by atoms with E-state index in [4.69, 9.17) is 0 Å². The zero-order chi connectivity index (χ0) is 11.9. The van der Waals surface area contributed by atoms with Gasteiger partial charge in [-0.15, -0.1) is 0 Å². The summed E-state index contributed by atoms with van der Waals surface area (Å²) in [5, 5.41) is 0. The van der Waals surface area contributed by atoms with Gasteiger partial charge in [0, 0.05) is 0 Å². The molecular formula is C14H29NSi. The van der Waals surface area contributed by atoms with Crippen LogP contribution in [0.2, 0.25) is 24.2 Å². The van der Waals surface area contributed by atoms with Crippen LogP contribution in [0.5, 0.6) is 0 Å². The highest BCUT2D eigenvalue weighted by atomic mass is 28.3. The Labute approximate surface area is 103 Å². The van der Waals surface area contributed by atoms with Crippen LogP contribution in [-0.2, 0) is 0 Å². The quantitative estimate of drug-likeness (QED) is 0.454. The molecule has 1 rings (SSSR count). The van der Waals surface area contributed by atoms with Gasteiger partial charge >= 0.3 is 0 Å². The molecule has 0 aromatic heterocycles. The van der Waals surface area contributed by atoms with Gasteiger partial charge in [0.05, 0.1) is 8.07 Å². The van der Waals surface area contributed by atoms with Gasteiger partial charge in [0.15, 0.2) is 0 Å². The van der Waals surface area contributed by atoms with Crippen molar-refractivity contribution in [2.75, 3.05) is 19.6 Å². The van der Waals surface area contributed by atoms with Crippen LogP contribution in [-0.4, -0.2) is 32.6 Å². The Bertz CT molecular complexity index is 205. The lowest BCUT2D eigenvalue weighted by Gasteiger charge is -2.33. The summed E-state index contributed by atoms with van der Waals surface area (Å²) in [6.45, 7) is 11.1. The van der Waals surface area contributed by atoms with Gasteiger partial charge in [-0.25, -0.2) is 0 Å². The van der Waals surface area contributed by atoms with Crippen molar-refractivity contribution in [2.45, 2.75) is 57.8 Å². The van der Waals surface area contributed by atoms with E-state index in [2.05, 4.69) is 37.8 Å². The van der Waals surface area contributed by atoms with E-state index >= 15 is 0 Å². The van der Waals surface area contributed by atoms with Crippen LogP contribution in [0, 0.1) is 0 Å². The van der Waals surface area contributed by atoms with Crippen molar-refractivity contribution in [3.63, 3.8) is 0 Å². The lowest BCUT2D eigenvalue weighted by atomic mass is 10.2. The molecule has 0 amide bonds. The first-order chi connectivity index (χ1) is 7.76. The SMILES string of the molecule is CC=CC[Si](CC)(CC)CCCN1CCC1. The first-order valence-electron chi connectivity index (χ1n) is 7.10. The van der Waals surface area contributed by atoms with E-state index in [9.17, 15) is 0 Å². The Morgan fingerprint density at radius 3 is 2.31 bits per heavy atom. The number of rotatable bonds is 8. The van der Waals surface area contributed by atoms with Crippen LogP contribution in [0.3, 0.4) is 0 Å². The molecule has 0 bridgehead atoms. The van der Waals surface area contributed by atoms with Crippen molar-refractivity contribution in [2.24, 2.45) is 0 Å². The maximum atomic E-state index is 2.61. The molecule has 0 N–H and O–H groups in total. The first-order valence-corrected chi connectivity index (χ1v) is 9.92. The molecule has 1 aliphatic heterocycles. The van der Waals surface area contributed by atoms with Crippen LogP contribution < -0.4 is 0 Å². The van der Waals surface area contributed by atoms with Crippen molar-refractivity contribution < 1.29 is 0 Å². The van der Waals surface area contributed by atoms with Crippen molar-refractivity contribution >= 4 is 8.07 Å². The van der Waals surface area contributed by atoms with Crippen LogP contribution in [0.25, 0.3) is 0 Å². The van der Waals surface area contributed by atoms with E-state index < -0.39 is 8.07 Å². The smallest absolute Gasteiger partial charge is 0.0568 e. The van der Waals surface area contributed by atoms with Gasteiger partial charge < -0.3 is 4.90 Å². The Hall–Kier alpha value is -0.0831. The molecule has 0 atom stereocenters. The summed E-state index contributed by atoms with van der Waals surface area (Å²) < 4.78 is 0. The van der Waals surface area contributed by atoms with Crippen LogP contribution in [0.15, 0.2) is 12.2 Å². The highest BCUT2D eigenvalue weighted by molar-refractivity contribution is 6.80. The molecule has 94 valence electrons. The standard InChI is InChI=1S/C14H29NSi/c1-4-7-13-16(5-2,6-3)14-9-12-15-10-8-11-15/h4,7H,5-6,8-14H2,1-3H3. The highest BCUT2D eigenvalue weighted by Gasteiger charge is 2.27. The lowest BCUT2D eigenvalue weighted by molar-refractivity contribution is 0.182. The third kappa shape index (κ3) is 4.06. The third-order valence-corrected chi connectivity index (χ3v) is 9.93. The van der Waals surface area contributed by atoms with Gasteiger partial charge in [0.25, 0.3) is 0 Å². The van der Waals surface area contributed by atoms with Gasteiger partial charge in [-0.1, -0.05) is 44.1 Å². The maximum Gasteiger partial charge on any atom is 0.0568 e. The second kappa shape index (κ2) is 7.28. The molecule has 0 saturated carbocycles. The minimum atomic E-state index is -0.933. The molecule has 16 heavy (non-hydrogen) atoms. The average molecular weight is 239 g/mol. The van der Waals surface area contributed by atoms with Crippen LogP contribution in [0.1, 0.15) is 33.6 Å². The Balaban J connectivity index is 2.29. The van der Waals surface area contributed by atoms with Crippen molar-refractivity contribution in [3.05, 3.63) is 12.2 Å². The van der Waals surface area contributed by atoms with E-state index in [1.807, 2.05) is 0 Å². The van der Waals surface area contributed by atoms with Gasteiger partial charge in [-0.2, -0.15) is 0 Å². The molecule has 1 aliphatic rings. The molecule has 1 heterocycles. The first kappa shape index (κ1) is 14.0. The summed E-state index contributed by atoms with van der Waals surface area (Å²) in [7, 11) is -0.933. The zero-order valence-corrected chi connectivity index (χ0v) is 12.5. The molecule has 0 aromatic rings. The average Bonchev–Trinajstić information content (AvgIpc) is 2.27. The summed E-state index contributed by atoms with van der Waals surface area (Å²) in [4.78, 5) is 2.61. The minimum absolute atomic E-state index is 0.933. The summed E-state index contributed by atoms with van der Waals surface area (Å²) in [5.74, 6) is 0. The predicted molar refractivity (Wildman–Crippen MR) is 76.8 cm³/mol. The second-order valence-electron chi connectivity index (χ2n) is 5.28. The van der Waals surface area contributed by atoms with Crippen LogP contribution in [0.4, 0.5) is 0 Å². The molecule has 0 aromatic carbocycles. The fraction of sp³-hybridized carbons (Fsp3) is 0.857. The molecule has 0 spiro atoms. The van der Waals surface area contributed by atoms with Gasteiger partial charge in [-0.3, -0.25) is 0 Å². The van der Waals surface area contributed by atoms with Crippen molar-refractivity contribution in [1.82, 2.24) is 4.90 Å². The molecule has 0 unspecified atom stereocenters. The molecule has 1 fully saturated rings. The monoisotopic (exact) mass is 239 g/mol. The van der Waals surface area contributed by atoms with E-state index in [0.29, 0.717) is 0 Å². The molecule has 2 heteroatoms. The van der Waals surface area contributed by atoms with E-state index in [0.717, 1.165) is 0 Å². The number of likely N-dealkylation sites (tertiary alicyclic amines) is 1. The fourth-order valence-electron chi connectivity index (χ4n) is 2.65. The van der Waals surface area contributed by atoms with Crippen molar-refractivity contribution in [1.29, 1.82) is 0 Å². The third-order valence-electron chi connectivity index (χ3n) is 4.42. The Kier molecular flexibility index (Phi) is 6.36. The maximum absolute atomic E-state index is 2.61. The zero-order valence-electron chi connectivity index (χ0n) is 11.5. The summed E-state index contributed by atoms with van der Waals surface area (Å²) >= 11 is 0. The second-order valence-corrected chi connectivity index (χ2v) is 10.6.